The molecule has 0 aliphatic carbocycles. The highest BCUT2D eigenvalue weighted by molar-refractivity contribution is 7.07. The van der Waals surface area contributed by atoms with Crippen molar-refractivity contribution in [3.63, 3.8) is 0 Å². The second kappa shape index (κ2) is 5.34. The highest BCUT2D eigenvalue weighted by Crippen LogP contribution is 2.17. The number of aromatic nitrogens is 2. The molecule has 0 aliphatic heterocycles. The van der Waals surface area contributed by atoms with Crippen LogP contribution in [0.25, 0.3) is 5.65 Å². The lowest BCUT2D eigenvalue weighted by atomic mass is 10.2. The molecule has 0 aromatic carbocycles. The summed E-state index contributed by atoms with van der Waals surface area (Å²) in [6.07, 6.45) is 2.55. The summed E-state index contributed by atoms with van der Waals surface area (Å²) in [5, 5.41) is 16.6. The standard InChI is InChI=1S/C14H13N3O2S/c18-14(19)12-13(15-6-4-10-5-8-20-9-10)16-11-3-1-2-7-17(11)12/h1-3,5,7-9,15H,4,6H2,(H,18,19). The molecule has 0 saturated carbocycles. The van der Waals surface area contributed by atoms with E-state index in [1.807, 2.05) is 11.4 Å². The zero-order valence-corrected chi connectivity index (χ0v) is 11.4. The number of hydrogen-bond acceptors (Lipinski definition) is 4. The van der Waals surface area contributed by atoms with Crippen molar-refractivity contribution in [2.24, 2.45) is 0 Å². The Kier molecular flexibility index (Phi) is 3.39. The lowest BCUT2D eigenvalue weighted by Crippen LogP contribution is -2.10. The SMILES string of the molecule is O=C(O)c1c(NCCc2ccsc2)nc2ccccn12. The highest BCUT2D eigenvalue weighted by Gasteiger charge is 2.17. The predicted molar refractivity (Wildman–Crippen MR) is 78.7 cm³/mol. The Morgan fingerprint density at radius 3 is 3.05 bits per heavy atom. The number of anilines is 1. The van der Waals surface area contributed by atoms with E-state index in [0.717, 1.165) is 6.42 Å². The third-order valence-electron chi connectivity index (χ3n) is 3.02. The molecule has 3 aromatic rings. The molecule has 3 rings (SSSR count). The summed E-state index contributed by atoms with van der Waals surface area (Å²) in [6.45, 7) is 0.654. The Morgan fingerprint density at radius 2 is 2.30 bits per heavy atom. The molecule has 0 fully saturated rings. The average molecular weight is 287 g/mol. The van der Waals surface area contributed by atoms with Crippen LogP contribution in [-0.4, -0.2) is 27.0 Å². The summed E-state index contributed by atoms with van der Waals surface area (Å²) < 4.78 is 1.58. The Labute approximate surface area is 119 Å². The number of imidazole rings is 1. The number of fused-ring (bicyclic) bond motifs is 1. The second-order valence-corrected chi connectivity index (χ2v) is 5.13. The van der Waals surface area contributed by atoms with Gasteiger partial charge in [-0.1, -0.05) is 6.07 Å². The molecule has 0 aliphatic rings. The fraction of sp³-hybridized carbons (Fsp3) is 0.143. The normalized spacial score (nSPS) is 10.8. The molecule has 3 aromatic heterocycles. The highest BCUT2D eigenvalue weighted by atomic mass is 32.1. The van der Waals surface area contributed by atoms with Crippen molar-refractivity contribution < 1.29 is 9.90 Å². The average Bonchev–Trinajstić information content (AvgIpc) is 3.05. The second-order valence-electron chi connectivity index (χ2n) is 4.35. The van der Waals surface area contributed by atoms with E-state index in [0.29, 0.717) is 18.0 Å². The lowest BCUT2D eigenvalue weighted by Gasteiger charge is -2.03. The summed E-state index contributed by atoms with van der Waals surface area (Å²) in [6, 6.07) is 7.48. The minimum atomic E-state index is -0.985. The first-order chi connectivity index (χ1) is 9.75. The Morgan fingerprint density at radius 1 is 1.40 bits per heavy atom. The van der Waals surface area contributed by atoms with Crippen LogP contribution in [0.3, 0.4) is 0 Å². The van der Waals surface area contributed by atoms with E-state index in [4.69, 9.17) is 0 Å². The molecule has 0 bridgehead atoms. The topological polar surface area (TPSA) is 66.6 Å². The molecule has 0 unspecified atom stereocenters. The minimum Gasteiger partial charge on any atom is -0.476 e. The van der Waals surface area contributed by atoms with Gasteiger partial charge >= 0.3 is 5.97 Å². The molecule has 5 nitrogen and oxygen atoms in total. The van der Waals surface area contributed by atoms with E-state index < -0.39 is 5.97 Å². The first-order valence-corrected chi connectivity index (χ1v) is 7.15. The van der Waals surface area contributed by atoms with Crippen LogP contribution in [0.5, 0.6) is 0 Å². The first-order valence-electron chi connectivity index (χ1n) is 6.21. The number of nitrogens with zero attached hydrogens (tertiary/aromatic N) is 2. The van der Waals surface area contributed by atoms with Crippen molar-refractivity contribution in [1.82, 2.24) is 9.38 Å². The van der Waals surface area contributed by atoms with Crippen LogP contribution < -0.4 is 5.32 Å². The molecule has 6 heteroatoms. The number of carboxylic acids is 1. The Balaban J connectivity index is 1.83. The molecular weight excluding hydrogens is 274 g/mol. The maximum Gasteiger partial charge on any atom is 0.356 e. The van der Waals surface area contributed by atoms with E-state index >= 15 is 0 Å². The zero-order valence-electron chi connectivity index (χ0n) is 10.6. The van der Waals surface area contributed by atoms with Crippen LogP contribution in [0.4, 0.5) is 5.82 Å². The number of hydrogen-bond donors (Lipinski definition) is 2. The summed E-state index contributed by atoms with van der Waals surface area (Å²) in [4.78, 5) is 15.7. The van der Waals surface area contributed by atoms with Gasteiger partial charge in [-0.2, -0.15) is 11.3 Å². The molecule has 0 radical (unpaired) electrons. The molecule has 0 saturated heterocycles. The number of pyridine rings is 1. The molecule has 0 spiro atoms. The van der Waals surface area contributed by atoms with Crippen LogP contribution in [0.15, 0.2) is 41.2 Å². The third-order valence-corrected chi connectivity index (χ3v) is 3.75. The van der Waals surface area contributed by atoms with Crippen LogP contribution in [-0.2, 0) is 6.42 Å². The summed E-state index contributed by atoms with van der Waals surface area (Å²) in [7, 11) is 0. The summed E-state index contributed by atoms with van der Waals surface area (Å²) in [5.41, 5.74) is 2.04. The molecule has 20 heavy (non-hydrogen) atoms. The van der Waals surface area contributed by atoms with Gasteiger partial charge in [0.15, 0.2) is 11.5 Å². The van der Waals surface area contributed by atoms with Gasteiger partial charge in [-0.05, 0) is 40.9 Å². The van der Waals surface area contributed by atoms with Crippen LogP contribution in [0.1, 0.15) is 16.1 Å². The van der Waals surface area contributed by atoms with Crippen molar-refractivity contribution in [1.29, 1.82) is 0 Å². The zero-order chi connectivity index (χ0) is 13.9. The largest absolute Gasteiger partial charge is 0.476 e. The fourth-order valence-electron chi connectivity index (χ4n) is 2.08. The number of carboxylic acid groups (broad SMARTS) is 1. The molecule has 3 heterocycles. The molecular formula is C14H13N3O2S. The maximum absolute atomic E-state index is 11.4. The molecule has 0 amide bonds. The van der Waals surface area contributed by atoms with E-state index in [9.17, 15) is 9.90 Å². The van der Waals surface area contributed by atoms with Gasteiger partial charge in [0.25, 0.3) is 0 Å². The predicted octanol–water partition coefficient (Wildman–Crippen LogP) is 2.75. The summed E-state index contributed by atoms with van der Waals surface area (Å²) >= 11 is 1.66. The third kappa shape index (κ3) is 2.37. The Bertz CT molecular complexity index is 734. The molecule has 0 atom stereocenters. The van der Waals surface area contributed by atoms with Crippen molar-refractivity contribution in [2.75, 3.05) is 11.9 Å². The van der Waals surface area contributed by atoms with Crippen LogP contribution >= 0.6 is 11.3 Å². The number of carbonyl (C=O) groups is 1. The van der Waals surface area contributed by atoms with E-state index in [1.165, 1.54) is 5.56 Å². The summed E-state index contributed by atoms with van der Waals surface area (Å²) in [5.74, 6) is -0.569. The lowest BCUT2D eigenvalue weighted by molar-refractivity contribution is 0.0690. The van der Waals surface area contributed by atoms with Crippen molar-refractivity contribution in [3.8, 4) is 0 Å². The number of thiophene rings is 1. The smallest absolute Gasteiger partial charge is 0.356 e. The first kappa shape index (κ1) is 12.7. The number of nitrogens with one attached hydrogen (secondary N) is 1. The van der Waals surface area contributed by atoms with Gasteiger partial charge in [0.05, 0.1) is 0 Å². The monoisotopic (exact) mass is 287 g/mol. The number of rotatable bonds is 5. The van der Waals surface area contributed by atoms with Crippen LogP contribution in [0.2, 0.25) is 0 Å². The van der Waals surface area contributed by atoms with Gasteiger partial charge in [0, 0.05) is 12.7 Å². The quantitative estimate of drug-likeness (QED) is 0.757. The van der Waals surface area contributed by atoms with E-state index in [2.05, 4.69) is 21.7 Å². The minimum absolute atomic E-state index is 0.172. The van der Waals surface area contributed by atoms with Crippen molar-refractivity contribution >= 4 is 28.8 Å². The van der Waals surface area contributed by atoms with Crippen molar-refractivity contribution in [3.05, 3.63) is 52.5 Å². The molecule has 102 valence electrons. The van der Waals surface area contributed by atoms with E-state index in [1.54, 1.807) is 34.1 Å². The van der Waals surface area contributed by atoms with Gasteiger partial charge < -0.3 is 10.4 Å². The fourth-order valence-corrected chi connectivity index (χ4v) is 2.79. The van der Waals surface area contributed by atoms with Gasteiger partial charge in [-0.15, -0.1) is 0 Å². The van der Waals surface area contributed by atoms with E-state index in [-0.39, 0.29) is 5.69 Å². The van der Waals surface area contributed by atoms with Gasteiger partial charge in [-0.3, -0.25) is 4.40 Å². The van der Waals surface area contributed by atoms with Crippen molar-refractivity contribution in [2.45, 2.75) is 6.42 Å². The maximum atomic E-state index is 11.4. The van der Waals surface area contributed by atoms with Gasteiger partial charge in [0.2, 0.25) is 0 Å². The number of aromatic carboxylic acids is 1. The van der Waals surface area contributed by atoms with Crippen LogP contribution in [0, 0.1) is 0 Å². The van der Waals surface area contributed by atoms with Gasteiger partial charge in [-0.25, -0.2) is 9.78 Å². The molecule has 2 N–H and O–H groups in total. The Hall–Kier alpha value is -2.34. The van der Waals surface area contributed by atoms with Gasteiger partial charge in [0.1, 0.15) is 5.65 Å².